The van der Waals surface area contributed by atoms with Crippen LogP contribution in [-0.4, -0.2) is 52.5 Å². The number of hydrogen-bond acceptors (Lipinski definition) is 9. The summed E-state index contributed by atoms with van der Waals surface area (Å²) in [4.78, 5) is 18.1. The second-order valence-electron chi connectivity index (χ2n) is 8.47. The second-order valence-corrected chi connectivity index (χ2v) is 8.47. The second kappa shape index (κ2) is 11.4. The van der Waals surface area contributed by atoms with Crippen LogP contribution in [-0.2, 0) is 10.9 Å². The van der Waals surface area contributed by atoms with E-state index in [9.17, 15) is 17.6 Å². The van der Waals surface area contributed by atoms with E-state index in [1.165, 1.54) is 18.6 Å². The molecule has 0 spiro atoms. The lowest BCUT2D eigenvalue weighted by Gasteiger charge is -2.27. The number of morpholine rings is 1. The molecule has 1 aromatic carbocycles. The van der Waals surface area contributed by atoms with Crippen LogP contribution in [0.2, 0.25) is 0 Å². The predicted molar refractivity (Wildman–Crippen MR) is 138 cm³/mol. The van der Waals surface area contributed by atoms with Crippen molar-refractivity contribution in [2.45, 2.75) is 6.18 Å². The van der Waals surface area contributed by atoms with E-state index in [-0.39, 0.29) is 17.5 Å². The normalized spacial score (nSPS) is 14.0. The molecule has 0 radical (unpaired) electrons. The highest BCUT2D eigenvalue weighted by molar-refractivity contribution is 5.78. The summed E-state index contributed by atoms with van der Waals surface area (Å²) in [6.07, 6.45) is 2.49. The molecule has 1 aliphatic heterocycles. The number of aromatic nitrogens is 4. The number of benzene rings is 1. The van der Waals surface area contributed by atoms with Gasteiger partial charge in [0.15, 0.2) is 11.6 Å². The molecule has 4 heterocycles. The van der Waals surface area contributed by atoms with Gasteiger partial charge >= 0.3 is 6.18 Å². The fourth-order valence-corrected chi connectivity index (χ4v) is 3.85. The smallest absolute Gasteiger partial charge is 0.378 e. The van der Waals surface area contributed by atoms with Crippen molar-refractivity contribution in [1.82, 2.24) is 19.9 Å². The maximum Gasteiger partial charge on any atom is 0.416 e. The summed E-state index contributed by atoms with van der Waals surface area (Å²) in [7, 11) is 0. The van der Waals surface area contributed by atoms with Gasteiger partial charge in [-0.1, -0.05) is 6.07 Å². The first kappa shape index (κ1) is 26.0. The molecule has 1 fully saturated rings. The van der Waals surface area contributed by atoms with Crippen LogP contribution in [0, 0.1) is 5.82 Å². The van der Waals surface area contributed by atoms with Crippen LogP contribution in [0.3, 0.4) is 0 Å². The number of pyridine rings is 2. The van der Waals surface area contributed by atoms with E-state index in [2.05, 4.69) is 35.8 Å². The van der Waals surface area contributed by atoms with Crippen LogP contribution in [0.15, 0.2) is 72.4 Å². The number of hydrazone groups is 1. The van der Waals surface area contributed by atoms with Gasteiger partial charge in [-0.15, -0.1) is 0 Å². The number of hydrogen-bond donors (Lipinski definition) is 2. The largest absolute Gasteiger partial charge is 0.416 e. The third-order valence-corrected chi connectivity index (χ3v) is 5.73. The number of rotatable bonds is 7. The summed E-state index contributed by atoms with van der Waals surface area (Å²) in [5.41, 5.74) is 4.00. The Morgan fingerprint density at radius 3 is 2.51 bits per heavy atom. The molecule has 0 unspecified atom stereocenters. The number of anilines is 4. The molecule has 5 rings (SSSR count). The quantitative estimate of drug-likeness (QED) is 0.190. The number of nitrogens with zero attached hydrogens (tertiary/aromatic N) is 6. The molecule has 9 nitrogen and oxygen atoms in total. The molecule has 1 aliphatic rings. The van der Waals surface area contributed by atoms with Gasteiger partial charge < -0.3 is 15.0 Å². The van der Waals surface area contributed by atoms with E-state index in [4.69, 9.17) is 4.74 Å². The van der Waals surface area contributed by atoms with Gasteiger partial charge in [-0.2, -0.15) is 23.3 Å². The molecule has 39 heavy (non-hydrogen) atoms. The zero-order valence-corrected chi connectivity index (χ0v) is 20.4. The van der Waals surface area contributed by atoms with Crippen LogP contribution >= 0.6 is 0 Å². The van der Waals surface area contributed by atoms with Crippen molar-refractivity contribution in [1.29, 1.82) is 0 Å². The molecule has 4 aromatic rings. The first-order valence-corrected chi connectivity index (χ1v) is 11.9. The molecule has 2 N–H and O–H groups in total. The molecule has 0 saturated carbocycles. The third-order valence-electron chi connectivity index (χ3n) is 5.73. The van der Waals surface area contributed by atoms with E-state index < -0.39 is 17.6 Å². The lowest BCUT2D eigenvalue weighted by Crippen LogP contribution is -2.37. The van der Waals surface area contributed by atoms with Gasteiger partial charge in [0.25, 0.3) is 0 Å². The molecule has 0 bridgehead atoms. The Bertz CT molecular complexity index is 1440. The van der Waals surface area contributed by atoms with Gasteiger partial charge in [-0.05, 0) is 42.0 Å². The lowest BCUT2D eigenvalue weighted by molar-refractivity contribution is -0.137. The van der Waals surface area contributed by atoms with Crippen molar-refractivity contribution in [3.05, 3.63) is 84.3 Å². The summed E-state index contributed by atoms with van der Waals surface area (Å²) >= 11 is 0. The Labute approximate surface area is 220 Å². The van der Waals surface area contributed by atoms with Crippen molar-refractivity contribution in [2.24, 2.45) is 5.10 Å². The predicted octanol–water partition coefficient (Wildman–Crippen LogP) is 5.12. The van der Waals surface area contributed by atoms with E-state index >= 15 is 0 Å². The summed E-state index contributed by atoms with van der Waals surface area (Å²) in [5, 5.41) is 7.01. The lowest BCUT2D eigenvalue weighted by atomic mass is 10.0. The van der Waals surface area contributed by atoms with E-state index in [0.717, 1.165) is 18.3 Å². The topological polar surface area (TPSA) is 100 Å². The highest BCUT2D eigenvalue weighted by atomic mass is 19.4. The number of ether oxygens (including phenoxy) is 1. The molecule has 200 valence electrons. The molecular weight excluding hydrogens is 516 g/mol. The first-order chi connectivity index (χ1) is 18.8. The van der Waals surface area contributed by atoms with Gasteiger partial charge in [0, 0.05) is 36.7 Å². The van der Waals surface area contributed by atoms with Crippen molar-refractivity contribution in [3.8, 4) is 11.1 Å². The Morgan fingerprint density at radius 2 is 1.79 bits per heavy atom. The van der Waals surface area contributed by atoms with Gasteiger partial charge in [0.1, 0.15) is 0 Å². The van der Waals surface area contributed by atoms with Crippen molar-refractivity contribution >= 4 is 29.4 Å². The minimum absolute atomic E-state index is 0.112. The highest BCUT2D eigenvalue weighted by Gasteiger charge is 2.31. The van der Waals surface area contributed by atoms with E-state index in [1.807, 2.05) is 0 Å². The van der Waals surface area contributed by atoms with Gasteiger partial charge in [0.05, 0.1) is 48.8 Å². The number of alkyl halides is 3. The molecule has 3 aromatic heterocycles. The van der Waals surface area contributed by atoms with Crippen LogP contribution < -0.4 is 15.6 Å². The summed E-state index contributed by atoms with van der Waals surface area (Å²) in [5.74, 6) is -0.258. The SMILES string of the molecule is Fc1cnc(N/N=C/c2ccc(Nc3cc(-c4cccnc4)cc(C(F)(F)F)c3)cn2)nc1N1CCOCC1. The fraction of sp³-hybridized carbons (Fsp3) is 0.192. The molecular formula is C26H22F4N8O. The standard InChI is InChI=1S/C26H22F4N8O/c27-23-16-33-25(36-24(23)38-6-8-39-9-7-38)37-34-15-20-3-4-21(14-32-20)35-22-11-18(17-2-1-5-31-13-17)10-19(12-22)26(28,29)30/h1-5,10-16,35H,6-9H2,(H,33,36,37)/b34-15+. The van der Waals surface area contributed by atoms with Crippen molar-refractivity contribution < 1.29 is 22.3 Å². The van der Waals surface area contributed by atoms with Gasteiger partial charge in [-0.25, -0.2) is 14.8 Å². The summed E-state index contributed by atoms with van der Waals surface area (Å²) < 4.78 is 60.0. The first-order valence-electron chi connectivity index (χ1n) is 11.9. The Hall–Kier alpha value is -4.65. The zero-order valence-electron chi connectivity index (χ0n) is 20.4. The summed E-state index contributed by atoms with van der Waals surface area (Å²) in [6.45, 7) is 2.01. The fourth-order valence-electron chi connectivity index (χ4n) is 3.85. The molecule has 0 amide bonds. The molecule has 0 aliphatic carbocycles. The average molecular weight is 539 g/mol. The van der Waals surface area contributed by atoms with Crippen molar-refractivity contribution in [3.63, 3.8) is 0 Å². The van der Waals surface area contributed by atoms with Crippen molar-refractivity contribution in [2.75, 3.05) is 41.9 Å². The van der Waals surface area contributed by atoms with E-state index in [0.29, 0.717) is 48.8 Å². The van der Waals surface area contributed by atoms with E-state index in [1.54, 1.807) is 41.4 Å². The number of halogens is 4. The van der Waals surface area contributed by atoms with Gasteiger partial charge in [0.2, 0.25) is 5.95 Å². The monoisotopic (exact) mass is 538 g/mol. The van der Waals surface area contributed by atoms with Crippen LogP contribution in [0.1, 0.15) is 11.3 Å². The summed E-state index contributed by atoms with van der Waals surface area (Å²) in [6, 6.07) is 10.4. The minimum Gasteiger partial charge on any atom is -0.378 e. The Morgan fingerprint density at radius 1 is 0.949 bits per heavy atom. The molecule has 0 atom stereocenters. The zero-order chi connectivity index (χ0) is 27.2. The maximum atomic E-state index is 14.2. The Balaban J connectivity index is 1.27. The van der Waals surface area contributed by atoms with Crippen LogP contribution in [0.25, 0.3) is 11.1 Å². The number of nitrogens with one attached hydrogen (secondary N) is 2. The van der Waals surface area contributed by atoms with Crippen LogP contribution in [0.5, 0.6) is 0 Å². The minimum atomic E-state index is -4.52. The highest BCUT2D eigenvalue weighted by Crippen LogP contribution is 2.35. The molecule has 13 heteroatoms. The third kappa shape index (κ3) is 6.62. The maximum absolute atomic E-state index is 14.2. The average Bonchev–Trinajstić information content (AvgIpc) is 2.95. The van der Waals surface area contributed by atoms with Crippen LogP contribution in [0.4, 0.5) is 40.7 Å². The Kier molecular flexibility index (Phi) is 7.59. The van der Waals surface area contributed by atoms with Gasteiger partial charge in [-0.3, -0.25) is 9.97 Å². The molecule has 1 saturated heterocycles.